The van der Waals surface area contributed by atoms with E-state index >= 15 is 0 Å². The van der Waals surface area contributed by atoms with E-state index in [1.807, 2.05) is 6.92 Å². The SMILES string of the molecule is CCCCC/C=C\C/C=C\CCCCCCCC(=O)OC(COC(=O)CCCC)COC1OC(COC2OC(CO)C(O)C(O)C2O)C(O)C(O)C1O. The molecule has 15 nitrogen and oxygen atoms in total. The number of carbonyl (C=O) groups is 2. The largest absolute Gasteiger partial charge is 0.462 e. The second-order valence-electron chi connectivity index (χ2n) is 13.8. The number of carbonyl (C=O) groups excluding carboxylic acids is 2. The Hall–Kier alpha value is -2.02. The maximum Gasteiger partial charge on any atom is 0.306 e. The van der Waals surface area contributed by atoms with Gasteiger partial charge in [-0.05, 0) is 44.9 Å². The average Bonchev–Trinajstić information content (AvgIpc) is 3.15. The Bertz CT molecular complexity index is 1040. The molecule has 2 aliphatic heterocycles. The summed E-state index contributed by atoms with van der Waals surface area (Å²) in [5, 5.41) is 71.2. The fourth-order valence-corrected chi connectivity index (χ4v) is 5.81. The van der Waals surface area contributed by atoms with Crippen LogP contribution in [0, 0.1) is 0 Å². The zero-order valence-corrected chi connectivity index (χ0v) is 31.5. The van der Waals surface area contributed by atoms with Crippen molar-refractivity contribution in [1.82, 2.24) is 0 Å². The first-order chi connectivity index (χ1) is 25.5. The first kappa shape index (κ1) is 47.1. The van der Waals surface area contributed by atoms with E-state index in [-0.39, 0.29) is 26.1 Å². The summed E-state index contributed by atoms with van der Waals surface area (Å²) in [6.07, 6.45) is 5.19. The molecular formula is C38H66O15. The molecule has 11 unspecified atom stereocenters. The summed E-state index contributed by atoms with van der Waals surface area (Å²) < 4.78 is 32.9. The Balaban J connectivity index is 1.82. The molecule has 2 fully saturated rings. The van der Waals surface area contributed by atoms with Crippen LogP contribution in [-0.2, 0) is 38.0 Å². The van der Waals surface area contributed by atoms with Crippen LogP contribution >= 0.6 is 0 Å². The van der Waals surface area contributed by atoms with Crippen molar-refractivity contribution in [3.8, 4) is 0 Å². The molecule has 2 rings (SSSR count). The van der Waals surface area contributed by atoms with Gasteiger partial charge >= 0.3 is 11.9 Å². The molecule has 0 aromatic carbocycles. The van der Waals surface area contributed by atoms with Crippen LogP contribution in [0.2, 0.25) is 0 Å². The third-order valence-corrected chi connectivity index (χ3v) is 9.18. The third-order valence-electron chi connectivity index (χ3n) is 9.18. The highest BCUT2D eigenvalue weighted by molar-refractivity contribution is 5.70. The second kappa shape index (κ2) is 27.5. The van der Waals surface area contributed by atoms with Crippen molar-refractivity contribution < 1.29 is 73.8 Å². The van der Waals surface area contributed by atoms with Gasteiger partial charge in [0.1, 0.15) is 55.4 Å². The van der Waals surface area contributed by atoms with Crippen LogP contribution < -0.4 is 0 Å². The molecule has 11 atom stereocenters. The number of rotatable bonds is 27. The lowest BCUT2D eigenvalue weighted by Gasteiger charge is -2.42. The van der Waals surface area contributed by atoms with E-state index in [0.29, 0.717) is 12.8 Å². The van der Waals surface area contributed by atoms with E-state index in [2.05, 4.69) is 31.2 Å². The Kier molecular flexibility index (Phi) is 24.5. The number of hydrogen-bond acceptors (Lipinski definition) is 15. The normalized spacial score (nSPS) is 29.8. The van der Waals surface area contributed by atoms with Gasteiger partial charge in [0.05, 0.1) is 19.8 Å². The molecule has 53 heavy (non-hydrogen) atoms. The van der Waals surface area contributed by atoms with Gasteiger partial charge in [-0.15, -0.1) is 0 Å². The molecule has 2 heterocycles. The van der Waals surface area contributed by atoms with Crippen molar-refractivity contribution in [2.75, 3.05) is 26.4 Å². The number of hydrogen-bond donors (Lipinski definition) is 7. The van der Waals surface area contributed by atoms with Gasteiger partial charge in [0.15, 0.2) is 18.7 Å². The standard InChI is InChI=1S/C38H66O15/c1-3-5-7-8-9-10-11-12-13-14-15-16-17-18-19-21-30(41)51-26(23-48-29(40)20-6-4-2)24-49-37-36(47)34(45)32(43)28(53-37)25-50-38-35(46)33(44)31(42)27(22-39)52-38/h9-10,12-13,26-28,31-39,42-47H,3-8,11,14-25H2,1-2H3/b10-9-,13-12-. The maximum atomic E-state index is 12.7. The number of allylic oxidation sites excluding steroid dienone is 4. The summed E-state index contributed by atoms with van der Waals surface area (Å²) in [6.45, 7) is 2.23. The van der Waals surface area contributed by atoms with Gasteiger partial charge in [-0.3, -0.25) is 9.59 Å². The van der Waals surface area contributed by atoms with Crippen molar-refractivity contribution in [1.29, 1.82) is 0 Å². The van der Waals surface area contributed by atoms with Crippen molar-refractivity contribution in [3.05, 3.63) is 24.3 Å². The molecule has 0 radical (unpaired) electrons. The highest BCUT2D eigenvalue weighted by Gasteiger charge is 2.47. The lowest BCUT2D eigenvalue weighted by molar-refractivity contribution is -0.332. The molecule has 2 saturated heterocycles. The van der Waals surface area contributed by atoms with Gasteiger partial charge in [0.2, 0.25) is 0 Å². The number of unbranched alkanes of at least 4 members (excludes halogenated alkanes) is 9. The minimum absolute atomic E-state index is 0.148. The van der Waals surface area contributed by atoms with Gasteiger partial charge in [-0.25, -0.2) is 0 Å². The molecular weight excluding hydrogens is 696 g/mol. The van der Waals surface area contributed by atoms with Gasteiger partial charge in [0.25, 0.3) is 0 Å². The minimum Gasteiger partial charge on any atom is -0.462 e. The quantitative estimate of drug-likeness (QED) is 0.0361. The van der Waals surface area contributed by atoms with E-state index in [1.54, 1.807) is 0 Å². The summed E-state index contributed by atoms with van der Waals surface area (Å²) in [5.41, 5.74) is 0. The summed E-state index contributed by atoms with van der Waals surface area (Å²) >= 11 is 0. The molecule has 2 aliphatic rings. The van der Waals surface area contributed by atoms with Crippen LogP contribution in [0.3, 0.4) is 0 Å². The Morgan fingerprint density at radius 2 is 1.15 bits per heavy atom. The van der Waals surface area contributed by atoms with E-state index in [1.165, 1.54) is 19.3 Å². The molecule has 0 saturated carbocycles. The fraction of sp³-hybridized carbons (Fsp3) is 0.842. The molecule has 308 valence electrons. The van der Waals surface area contributed by atoms with Crippen LogP contribution in [0.1, 0.15) is 110 Å². The van der Waals surface area contributed by atoms with Gasteiger partial charge in [-0.1, -0.05) is 76.7 Å². The van der Waals surface area contributed by atoms with Crippen LogP contribution in [0.4, 0.5) is 0 Å². The van der Waals surface area contributed by atoms with Crippen molar-refractivity contribution >= 4 is 11.9 Å². The average molecular weight is 763 g/mol. The molecule has 0 aromatic heterocycles. The molecule has 7 N–H and O–H groups in total. The van der Waals surface area contributed by atoms with E-state index < -0.39 is 92.7 Å². The highest BCUT2D eigenvalue weighted by Crippen LogP contribution is 2.26. The molecule has 15 heteroatoms. The summed E-state index contributed by atoms with van der Waals surface area (Å²) in [5.74, 6) is -0.986. The van der Waals surface area contributed by atoms with Gasteiger partial charge in [-0.2, -0.15) is 0 Å². The minimum atomic E-state index is -1.76. The predicted octanol–water partition coefficient (Wildman–Crippen LogP) is 2.09. The monoisotopic (exact) mass is 762 g/mol. The Labute approximate surface area is 313 Å². The molecule has 0 aromatic rings. The predicted molar refractivity (Wildman–Crippen MR) is 192 cm³/mol. The molecule has 0 aliphatic carbocycles. The fourth-order valence-electron chi connectivity index (χ4n) is 5.81. The molecule has 0 bridgehead atoms. The van der Waals surface area contributed by atoms with E-state index in [9.17, 15) is 45.3 Å². The highest BCUT2D eigenvalue weighted by atomic mass is 16.7. The number of aliphatic hydroxyl groups is 7. The zero-order chi connectivity index (χ0) is 39.0. The topological polar surface area (TPSA) is 231 Å². The van der Waals surface area contributed by atoms with Gasteiger partial charge < -0.3 is 64.2 Å². The Morgan fingerprint density at radius 3 is 1.79 bits per heavy atom. The van der Waals surface area contributed by atoms with Crippen LogP contribution in [0.5, 0.6) is 0 Å². The second-order valence-corrected chi connectivity index (χ2v) is 13.8. The zero-order valence-electron chi connectivity index (χ0n) is 31.5. The number of aliphatic hydroxyl groups excluding tert-OH is 7. The van der Waals surface area contributed by atoms with Crippen LogP contribution in [0.25, 0.3) is 0 Å². The first-order valence-electron chi connectivity index (χ1n) is 19.4. The first-order valence-corrected chi connectivity index (χ1v) is 19.4. The third kappa shape index (κ3) is 18.0. The summed E-state index contributed by atoms with van der Waals surface area (Å²) in [4.78, 5) is 24.9. The lowest BCUT2D eigenvalue weighted by atomic mass is 9.98. The van der Waals surface area contributed by atoms with E-state index in [0.717, 1.165) is 51.4 Å². The Morgan fingerprint density at radius 1 is 0.604 bits per heavy atom. The smallest absolute Gasteiger partial charge is 0.306 e. The number of esters is 2. The molecule has 0 amide bonds. The number of ether oxygens (including phenoxy) is 6. The molecule has 0 spiro atoms. The van der Waals surface area contributed by atoms with Crippen molar-refractivity contribution in [2.24, 2.45) is 0 Å². The van der Waals surface area contributed by atoms with Crippen molar-refractivity contribution in [3.63, 3.8) is 0 Å². The van der Waals surface area contributed by atoms with Gasteiger partial charge in [0, 0.05) is 12.8 Å². The maximum absolute atomic E-state index is 12.7. The summed E-state index contributed by atoms with van der Waals surface area (Å²) in [7, 11) is 0. The summed E-state index contributed by atoms with van der Waals surface area (Å²) in [6, 6.07) is 0. The van der Waals surface area contributed by atoms with Crippen LogP contribution in [0.15, 0.2) is 24.3 Å². The lowest BCUT2D eigenvalue weighted by Crippen LogP contribution is -2.61. The van der Waals surface area contributed by atoms with Crippen molar-refractivity contribution in [2.45, 2.75) is 178 Å². The van der Waals surface area contributed by atoms with Crippen LogP contribution in [-0.4, -0.2) is 142 Å². The van der Waals surface area contributed by atoms with E-state index in [4.69, 9.17) is 28.4 Å².